The third-order valence-corrected chi connectivity index (χ3v) is 3.41. The molecule has 1 N–H and O–H groups in total. The van der Waals surface area contributed by atoms with Crippen LogP contribution in [0.2, 0.25) is 0 Å². The van der Waals surface area contributed by atoms with Gasteiger partial charge in [-0.2, -0.15) is 13.2 Å². The van der Waals surface area contributed by atoms with Crippen molar-refractivity contribution in [2.75, 3.05) is 5.32 Å². The van der Waals surface area contributed by atoms with Crippen molar-refractivity contribution < 1.29 is 17.6 Å². The molecule has 2 rings (SSSR count). The van der Waals surface area contributed by atoms with E-state index in [0.29, 0.717) is 12.8 Å². The summed E-state index contributed by atoms with van der Waals surface area (Å²) in [5.74, 6) is -1.48. The van der Waals surface area contributed by atoms with Gasteiger partial charge in [0.15, 0.2) is 0 Å². The molecule has 1 nitrogen and oxygen atoms in total. The Morgan fingerprint density at radius 1 is 0.944 bits per heavy atom. The summed E-state index contributed by atoms with van der Waals surface area (Å²) in [6.45, 7) is 0. The first-order valence-corrected chi connectivity index (χ1v) is 6.04. The molecule has 0 spiro atoms. The van der Waals surface area contributed by atoms with Gasteiger partial charge in [-0.3, -0.25) is 0 Å². The summed E-state index contributed by atoms with van der Waals surface area (Å²) in [7, 11) is 0. The molecule has 5 heteroatoms. The highest BCUT2D eigenvalue weighted by atomic mass is 19.4. The number of rotatable bonds is 2. The van der Waals surface area contributed by atoms with E-state index in [1.54, 1.807) is 12.1 Å². The summed E-state index contributed by atoms with van der Waals surface area (Å²) in [4.78, 5) is 0. The number of benzene rings is 1. The number of nitrogens with one attached hydrogen (secondary N) is 1. The fourth-order valence-electron chi connectivity index (χ4n) is 2.35. The molecule has 0 bridgehead atoms. The van der Waals surface area contributed by atoms with Gasteiger partial charge in [0.05, 0.1) is 5.92 Å². The van der Waals surface area contributed by atoms with E-state index < -0.39 is 12.1 Å². The second-order valence-corrected chi connectivity index (χ2v) is 4.74. The highest BCUT2D eigenvalue weighted by molar-refractivity contribution is 5.43. The molecule has 1 aliphatic rings. The van der Waals surface area contributed by atoms with Gasteiger partial charge < -0.3 is 5.32 Å². The molecular weight excluding hydrogens is 246 g/mol. The molecule has 100 valence electrons. The average molecular weight is 261 g/mol. The Hall–Kier alpha value is -1.26. The molecule has 0 aliphatic heterocycles. The lowest BCUT2D eigenvalue weighted by Gasteiger charge is -2.30. The van der Waals surface area contributed by atoms with E-state index in [0.717, 1.165) is 5.69 Å². The molecule has 0 amide bonds. The van der Waals surface area contributed by atoms with Crippen LogP contribution in [0.15, 0.2) is 24.3 Å². The minimum absolute atomic E-state index is 0.0501. The largest absolute Gasteiger partial charge is 0.391 e. The second-order valence-electron chi connectivity index (χ2n) is 4.74. The van der Waals surface area contributed by atoms with Crippen LogP contribution in [0.1, 0.15) is 25.7 Å². The van der Waals surface area contributed by atoms with Crippen molar-refractivity contribution in [3.63, 3.8) is 0 Å². The van der Waals surface area contributed by atoms with Crippen LogP contribution in [-0.2, 0) is 0 Å². The van der Waals surface area contributed by atoms with Gasteiger partial charge in [0.2, 0.25) is 0 Å². The minimum Gasteiger partial charge on any atom is -0.382 e. The van der Waals surface area contributed by atoms with E-state index in [-0.39, 0.29) is 24.7 Å². The van der Waals surface area contributed by atoms with E-state index >= 15 is 0 Å². The smallest absolute Gasteiger partial charge is 0.382 e. The van der Waals surface area contributed by atoms with E-state index in [2.05, 4.69) is 5.32 Å². The van der Waals surface area contributed by atoms with Gasteiger partial charge in [-0.05, 0) is 49.9 Å². The van der Waals surface area contributed by atoms with Crippen LogP contribution in [0, 0.1) is 11.7 Å². The molecule has 0 atom stereocenters. The van der Waals surface area contributed by atoms with E-state index in [4.69, 9.17) is 0 Å². The molecule has 0 heterocycles. The summed E-state index contributed by atoms with van der Waals surface area (Å²) in [5, 5.41) is 3.15. The van der Waals surface area contributed by atoms with Crippen molar-refractivity contribution in [2.24, 2.45) is 5.92 Å². The third-order valence-electron chi connectivity index (χ3n) is 3.41. The predicted octanol–water partition coefficient (Wildman–Crippen LogP) is 4.36. The van der Waals surface area contributed by atoms with Crippen molar-refractivity contribution in [1.82, 2.24) is 0 Å². The van der Waals surface area contributed by atoms with Gasteiger partial charge in [-0.15, -0.1) is 0 Å². The fourth-order valence-corrected chi connectivity index (χ4v) is 2.35. The van der Waals surface area contributed by atoms with Gasteiger partial charge >= 0.3 is 6.18 Å². The Bertz CT molecular complexity index is 377. The molecule has 0 unspecified atom stereocenters. The van der Waals surface area contributed by atoms with Crippen LogP contribution in [0.3, 0.4) is 0 Å². The normalized spacial score (nSPS) is 24.9. The number of anilines is 1. The molecular formula is C13H15F4N. The van der Waals surface area contributed by atoms with Crippen molar-refractivity contribution in [3.8, 4) is 0 Å². The fraction of sp³-hybridized carbons (Fsp3) is 0.538. The van der Waals surface area contributed by atoms with Crippen LogP contribution in [0.25, 0.3) is 0 Å². The third kappa shape index (κ3) is 3.37. The molecule has 1 aromatic rings. The summed E-state index contributed by atoms with van der Waals surface area (Å²) < 4.78 is 50.1. The Kier molecular flexibility index (Phi) is 3.78. The van der Waals surface area contributed by atoms with Gasteiger partial charge in [0, 0.05) is 11.7 Å². The Morgan fingerprint density at radius 3 is 2.00 bits per heavy atom. The highest BCUT2D eigenvalue weighted by Crippen LogP contribution is 2.38. The van der Waals surface area contributed by atoms with Crippen LogP contribution >= 0.6 is 0 Å². The van der Waals surface area contributed by atoms with Gasteiger partial charge in [0.25, 0.3) is 0 Å². The first-order valence-electron chi connectivity index (χ1n) is 6.04. The Labute approximate surface area is 103 Å². The molecule has 1 saturated carbocycles. The van der Waals surface area contributed by atoms with Gasteiger partial charge in [-0.1, -0.05) is 0 Å². The lowest BCUT2D eigenvalue weighted by molar-refractivity contribution is -0.182. The summed E-state index contributed by atoms with van der Waals surface area (Å²) in [6, 6.07) is 5.93. The Morgan fingerprint density at radius 2 is 1.50 bits per heavy atom. The van der Waals surface area contributed by atoms with Gasteiger partial charge in [-0.25, -0.2) is 4.39 Å². The second kappa shape index (κ2) is 5.16. The first-order chi connectivity index (χ1) is 8.45. The van der Waals surface area contributed by atoms with Crippen LogP contribution in [0.4, 0.5) is 23.2 Å². The van der Waals surface area contributed by atoms with Crippen LogP contribution < -0.4 is 5.32 Å². The highest BCUT2D eigenvalue weighted by Gasteiger charge is 2.41. The minimum atomic E-state index is -4.07. The average Bonchev–Trinajstić information content (AvgIpc) is 2.32. The number of halogens is 4. The molecule has 18 heavy (non-hydrogen) atoms. The van der Waals surface area contributed by atoms with Crippen LogP contribution in [-0.4, -0.2) is 12.2 Å². The number of alkyl halides is 3. The Balaban J connectivity index is 1.85. The van der Waals surface area contributed by atoms with Gasteiger partial charge in [0.1, 0.15) is 5.82 Å². The molecule has 1 aliphatic carbocycles. The summed E-state index contributed by atoms with van der Waals surface area (Å²) >= 11 is 0. The first kappa shape index (κ1) is 13.2. The molecule has 1 fully saturated rings. The summed E-state index contributed by atoms with van der Waals surface area (Å²) in [6.07, 6.45) is -2.73. The van der Waals surface area contributed by atoms with E-state index in [1.165, 1.54) is 12.1 Å². The summed E-state index contributed by atoms with van der Waals surface area (Å²) in [5.41, 5.74) is 0.756. The zero-order chi connectivity index (χ0) is 13.2. The lowest BCUT2D eigenvalue weighted by Crippen LogP contribution is -2.32. The SMILES string of the molecule is Fc1ccc(NC2CCC(C(F)(F)F)CC2)cc1. The molecule has 1 aromatic carbocycles. The zero-order valence-corrected chi connectivity index (χ0v) is 9.80. The quantitative estimate of drug-likeness (QED) is 0.780. The lowest BCUT2D eigenvalue weighted by atomic mass is 9.85. The maximum atomic E-state index is 12.7. The zero-order valence-electron chi connectivity index (χ0n) is 9.80. The molecule has 0 aromatic heterocycles. The van der Waals surface area contributed by atoms with E-state index in [9.17, 15) is 17.6 Å². The standard InChI is InChI=1S/C13H15F4N/c14-10-3-7-12(8-4-10)18-11-5-1-9(2-6-11)13(15,16)17/h3-4,7-9,11,18H,1-2,5-6H2. The van der Waals surface area contributed by atoms with Crippen molar-refractivity contribution >= 4 is 5.69 Å². The predicted molar refractivity (Wildman–Crippen MR) is 61.8 cm³/mol. The number of hydrogen-bond donors (Lipinski definition) is 1. The maximum Gasteiger partial charge on any atom is 0.391 e. The van der Waals surface area contributed by atoms with E-state index in [1.807, 2.05) is 0 Å². The van der Waals surface area contributed by atoms with Crippen LogP contribution in [0.5, 0.6) is 0 Å². The topological polar surface area (TPSA) is 12.0 Å². The number of hydrogen-bond acceptors (Lipinski definition) is 1. The van der Waals surface area contributed by atoms with Crippen molar-refractivity contribution in [2.45, 2.75) is 37.9 Å². The van der Waals surface area contributed by atoms with Crippen molar-refractivity contribution in [3.05, 3.63) is 30.1 Å². The molecule has 0 radical (unpaired) electrons. The molecule has 0 saturated heterocycles. The monoisotopic (exact) mass is 261 g/mol. The maximum absolute atomic E-state index is 12.7. The van der Waals surface area contributed by atoms with Crippen molar-refractivity contribution in [1.29, 1.82) is 0 Å².